The molecule has 0 aliphatic carbocycles. The Balaban J connectivity index is 2.51. The van der Waals surface area contributed by atoms with Crippen LogP contribution in [-0.4, -0.2) is 38.4 Å². The number of hydrogen-bond acceptors (Lipinski definition) is 4. The molecule has 2 rings (SSSR count). The van der Waals surface area contributed by atoms with Gasteiger partial charge in [0.1, 0.15) is 0 Å². The van der Waals surface area contributed by atoms with Crippen molar-refractivity contribution in [2.24, 2.45) is 0 Å². The molecule has 0 saturated heterocycles. The zero-order valence-corrected chi connectivity index (χ0v) is 14.5. The van der Waals surface area contributed by atoms with E-state index in [0.29, 0.717) is 12.0 Å². The summed E-state index contributed by atoms with van der Waals surface area (Å²) in [5.74, 6) is 0.0693. The molecule has 2 aromatic rings. The summed E-state index contributed by atoms with van der Waals surface area (Å²) in [5.41, 5.74) is 2.21. The van der Waals surface area contributed by atoms with Crippen molar-refractivity contribution in [1.29, 1.82) is 0 Å². The van der Waals surface area contributed by atoms with E-state index in [1.807, 2.05) is 31.5 Å². The van der Waals surface area contributed by atoms with Crippen molar-refractivity contribution in [3.8, 4) is 0 Å². The van der Waals surface area contributed by atoms with Gasteiger partial charge >= 0.3 is 0 Å². The van der Waals surface area contributed by atoms with Crippen LogP contribution in [0, 0.1) is 0 Å². The molecule has 0 radical (unpaired) electrons. The number of hydrogen-bond donors (Lipinski definition) is 2. The number of nitrogens with zero attached hydrogens (tertiary/aromatic N) is 3. The Hall–Kier alpha value is -1.95. The molecule has 0 spiro atoms. The van der Waals surface area contributed by atoms with Gasteiger partial charge in [-0.05, 0) is 39.2 Å². The molecule has 1 unspecified atom stereocenters. The van der Waals surface area contributed by atoms with E-state index in [9.17, 15) is 4.79 Å². The zero-order valence-electron chi connectivity index (χ0n) is 14.5. The smallest absolute Gasteiger partial charge is 0.252 e. The maximum Gasteiger partial charge on any atom is 0.252 e. The Morgan fingerprint density at radius 1 is 1.30 bits per heavy atom. The van der Waals surface area contributed by atoms with Crippen molar-refractivity contribution in [3.05, 3.63) is 23.5 Å². The SMILES string of the molecule is CC(CCO)NC(=O)c1cc(C(C)C)nc2c1cnn2C(C)C. The van der Waals surface area contributed by atoms with Crippen LogP contribution in [-0.2, 0) is 0 Å². The Bertz CT molecular complexity index is 691. The first-order valence-corrected chi connectivity index (χ1v) is 8.15. The minimum atomic E-state index is -0.149. The van der Waals surface area contributed by atoms with Gasteiger partial charge in [0, 0.05) is 24.4 Å². The molecule has 1 atom stereocenters. The van der Waals surface area contributed by atoms with Crippen LogP contribution in [0.2, 0.25) is 0 Å². The number of pyridine rings is 1. The summed E-state index contributed by atoms with van der Waals surface area (Å²) in [7, 11) is 0. The van der Waals surface area contributed by atoms with E-state index < -0.39 is 0 Å². The molecule has 2 aromatic heterocycles. The number of aliphatic hydroxyl groups excluding tert-OH is 1. The van der Waals surface area contributed by atoms with Crippen molar-refractivity contribution >= 4 is 16.9 Å². The molecule has 0 aliphatic rings. The lowest BCUT2D eigenvalue weighted by Gasteiger charge is -2.15. The predicted molar refractivity (Wildman–Crippen MR) is 90.6 cm³/mol. The zero-order chi connectivity index (χ0) is 17.1. The predicted octanol–water partition coefficient (Wildman–Crippen LogP) is 2.64. The van der Waals surface area contributed by atoms with E-state index in [4.69, 9.17) is 10.1 Å². The third-order valence-electron chi connectivity index (χ3n) is 3.85. The Kier molecular flexibility index (Phi) is 5.36. The lowest BCUT2D eigenvalue weighted by atomic mass is 10.0. The fourth-order valence-corrected chi connectivity index (χ4v) is 2.47. The number of aliphatic hydroxyl groups is 1. The quantitative estimate of drug-likeness (QED) is 0.858. The molecule has 6 heteroatoms. The number of aromatic nitrogens is 3. The third kappa shape index (κ3) is 3.69. The van der Waals surface area contributed by atoms with Gasteiger partial charge in [0.05, 0.1) is 17.1 Å². The second-order valence-corrected chi connectivity index (χ2v) is 6.56. The fraction of sp³-hybridized carbons (Fsp3) is 0.588. The number of carbonyl (C=O) groups is 1. The number of amides is 1. The van der Waals surface area contributed by atoms with E-state index in [1.54, 1.807) is 6.20 Å². The van der Waals surface area contributed by atoms with Gasteiger partial charge in [-0.1, -0.05) is 13.8 Å². The van der Waals surface area contributed by atoms with E-state index in [1.165, 1.54) is 0 Å². The van der Waals surface area contributed by atoms with E-state index >= 15 is 0 Å². The Labute approximate surface area is 136 Å². The molecule has 6 nitrogen and oxygen atoms in total. The molecule has 0 bridgehead atoms. The van der Waals surface area contributed by atoms with Crippen molar-refractivity contribution < 1.29 is 9.90 Å². The van der Waals surface area contributed by atoms with Crippen LogP contribution in [0.15, 0.2) is 12.3 Å². The molecule has 0 saturated carbocycles. The van der Waals surface area contributed by atoms with Crippen LogP contribution in [0.4, 0.5) is 0 Å². The summed E-state index contributed by atoms with van der Waals surface area (Å²) in [6.45, 7) is 10.1. The summed E-state index contributed by atoms with van der Waals surface area (Å²) in [6.07, 6.45) is 2.24. The van der Waals surface area contributed by atoms with Crippen molar-refractivity contribution in [1.82, 2.24) is 20.1 Å². The largest absolute Gasteiger partial charge is 0.396 e. The lowest BCUT2D eigenvalue weighted by Crippen LogP contribution is -2.33. The number of fused-ring (bicyclic) bond motifs is 1. The van der Waals surface area contributed by atoms with Crippen LogP contribution in [0.3, 0.4) is 0 Å². The van der Waals surface area contributed by atoms with E-state index in [2.05, 4.69) is 24.3 Å². The monoisotopic (exact) mass is 318 g/mol. The molecule has 0 aliphatic heterocycles. The second kappa shape index (κ2) is 7.08. The van der Waals surface area contributed by atoms with Gasteiger partial charge in [-0.3, -0.25) is 4.79 Å². The summed E-state index contributed by atoms with van der Waals surface area (Å²) in [5, 5.41) is 17.1. The van der Waals surface area contributed by atoms with Crippen LogP contribution >= 0.6 is 0 Å². The van der Waals surface area contributed by atoms with E-state index in [-0.39, 0.29) is 30.5 Å². The minimum Gasteiger partial charge on any atom is -0.396 e. The summed E-state index contributed by atoms with van der Waals surface area (Å²) < 4.78 is 1.84. The van der Waals surface area contributed by atoms with Crippen molar-refractivity contribution in [3.63, 3.8) is 0 Å². The van der Waals surface area contributed by atoms with Crippen molar-refractivity contribution in [2.75, 3.05) is 6.61 Å². The van der Waals surface area contributed by atoms with Crippen LogP contribution in [0.5, 0.6) is 0 Å². The lowest BCUT2D eigenvalue weighted by molar-refractivity contribution is 0.0936. The van der Waals surface area contributed by atoms with Crippen LogP contribution in [0.1, 0.15) is 69.1 Å². The van der Waals surface area contributed by atoms with Crippen molar-refractivity contribution in [2.45, 2.75) is 59.0 Å². The van der Waals surface area contributed by atoms with Gasteiger partial charge in [0.2, 0.25) is 0 Å². The normalized spacial score (nSPS) is 13.0. The minimum absolute atomic E-state index is 0.0513. The molecule has 2 N–H and O–H groups in total. The molecular weight excluding hydrogens is 292 g/mol. The summed E-state index contributed by atoms with van der Waals surface area (Å²) >= 11 is 0. The summed E-state index contributed by atoms with van der Waals surface area (Å²) in [4.78, 5) is 17.3. The molecule has 126 valence electrons. The van der Waals surface area contributed by atoms with Crippen LogP contribution in [0.25, 0.3) is 11.0 Å². The molecular formula is C17H26N4O2. The number of nitrogens with one attached hydrogen (secondary N) is 1. The van der Waals surface area contributed by atoms with Gasteiger partial charge in [0.15, 0.2) is 5.65 Å². The highest BCUT2D eigenvalue weighted by Crippen LogP contribution is 2.24. The van der Waals surface area contributed by atoms with Gasteiger partial charge in [-0.25, -0.2) is 9.67 Å². The molecule has 0 aromatic carbocycles. The molecule has 23 heavy (non-hydrogen) atoms. The topological polar surface area (TPSA) is 80.0 Å². The first kappa shape index (κ1) is 17.4. The molecule has 2 heterocycles. The van der Waals surface area contributed by atoms with Gasteiger partial charge in [-0.2, -0.15) is 5.10 Å². The fourth-order valence-electron chi connectivity index (χ4n) is 2.47. The standard InChI is InChI=1S/C17H26N4O2/c1-10(2)15-8-13(17(23)19-12(5)6-7-22)14-9-18-21(11(3)4)16(14)20-15/h8-12,22H,6-7H2,1-5H3,(H,19,23). The van der Waals surface area contributed by atoms with Gasteiger partial charge in [0.25, 0.3) is 5.91 Å². The maximum absolute atomic E-state index is 12.6. The van der Waals surface area contributed by atoms with E-state index in [0.717, 1.165) is 16.7 Å². The highest BCUT2D eigenvalue weighted by atomic mass is 16.3. The molecule has 0 fully saturated rings. The average Bonchev–Trinajstić information content (AvgIpc) is 2.90. The molecule has 1 amide bonds. The second-order valence-electron chi connectivity index (χ2n) is 6.56. The van der Waals surface area contributed by atoms with Crippen LogP contribution < -0.4 is 5.32 Å². The first-order valence-electron chi connectivity index (χ1n) is 8.15. The maximum atomic E-state index is 12.6. The first-order chi connectivity index (χ1) is 10.8. The Morgan fingerprint density at radius 3 is 2.57 bits per heavy atom. The average molecular weight is 318 g/mol. The highest BCUT2D eigenvalue weighted by Gasteiger charge is 2.19. The summed E-state index contributed by atoms with van der Waals surface area (Å²) in [6, 6.07) is 1.94. The number of carbonyl (C=O) groups excluding carboxylic acids is 1. The number of rotatable bonds is 6. The highest BCUT2D eigenvalue weighted by molar-refractivity contribution is 6.05. The third-order valence-corrected chi connectivity index (χ3v) is 3.85. The van der Waals surface area contributed by atoms with Gasteiger partial charge in [-0.15, -0.1) is 0 Å². The van der Waals surface area contributed by atoms with Gasteiger partial charge < -0.3 is 10.4 Å². The Morgan fingerprint density at radius 2 is 2.00 bits per heavy atom.